The number of ether oxygens (including phenoxy) is 1. The van der Waals surface area contributed by atoms with Crippen LogP contribution in [0.4, 0.5) is 13.2 Å². The van der Waals surface area contributed by atoms with Crippen molar-refractivity contribution >= 4 is 0 Å². The average Bonchev–Trinajstić information content (AvgIpc) is 2.73. The molecule has 20 heavy (non-hydrogen) atoms. The molecule has 0 aliphatic heterocycles. The maximum atomic E-state index is 12.1. The summed E-state index contributed by atoms with van der Waals surface area (Å²) in [6, 6.07) is 5.82. The molecule has 1 N–H and O–H groups in total. The zero-order valence-electron chi connectivity index (χ0n) is 10.7. The van der Waals surface area contributed by atoms with Crippen molar-refractivity contribution in [2.75, 3.05) is 0 Å². The Balaban J connectivity index is 1.88. The summed E-state index contributed by atoms with van der Waals surface area (Å²) in [7, 11) is 1.76. The molecule has 0 saturated carbocycles. The van der Waals surface area contributed by atoms with E-state index < -0.39 is 6.36 Å². The van der Waals surface area contributed by atoms with E-state index in [2.05, 4.69) is 20.1 Å². The molecule has 108 valence electrons. The Morgan fingerprint density at radius 3 is 2.75 bits per heavy atom. The minimum absolute atomic E-state index is 0.229. The minimum Gasteiger partial charge on any atom is -0.406 e. The van der Waals surface area contributed by atoms with Crippen molar-refractivity contribution in [2.24, 2.45) is 7.05 Å². The lowest BCUT2D eigenvalue weighted by molar-refractivity contribution is -0.274. The van der Waals surface area contributed by atoms with E-state index in [0.29, 0.717) is 24.5 Å². The van der Waals surface area contributed by atoms with Crippen LogP contribution in [-0.2, 0) is 20.1 Å². The number of nitrogens with zero attached hydrogens (tertiary/aromatic N) is 3. The monoisotopic (exact) mass is 286 g/mol. The van der Waals surface area contributed by atoms with E-state index in [1.807, 2.05) is 0 Å². The van der Waals surface area contributed by atoms with Crippen LogP contribution >= 0.6 is 0 Å². The largest absolute Gasteiger partial charge is 0.573 e. The number of hydrogen-bond acceptors (Lipinski definition) is 4. The highest BCUT2D eigenvalue weighted by molar-refractivity contribution is 5.28. The molecule has 1 heterocycles. The molecule has 0 atom stereocenters. The van der Waals surface area contributed by atoms with E-state index in [4.69, 9.17) is 0 Å². The third-order valence-corrected chi connectivity index (χ3v) is 2.39. The van der Waals surface area contributed by atoms with Crippen molar-refractivity contribution in [2.45, 2.75) is 19.5 Å². The average molecular weight is 286 g/mol. The number of aryl methyl sites for hydroxylation is 1. The normalized spacial score (nSPS) is 11.6. The van der Waals surface area contributed by atoms with Gasteiger partial charge in [-0.2, -0.15) is 5.10 Å². The van der Waals surface area contributed by atoms with E-state index in [1.54, 1.807) is 24.1 Å². The van der Waals surface area contributed by atoms with Crippen LogP contribution in [0.5, 0.6) is 5.75 Å². The highest BCUT2D eigenvalue weighted by Gasteiger charge is 2.31. The van der Waals surface area contributed by atoms with Gasteiger partial charge in [-0.1, -0.05) is 12.1 Å². The SMILES string of the molecule is Cn1cnc(CNCc2cccc(OC(F)(F)F)c2)n1. The van der Waals surface area contributed by atoms with Gasteiger partial charge >= 0.3 is 6.36 Å². The van der Waals surface area contributed by atoms with E-state index >= 15 is 0 Å². The van der Waals surface area contributed by atoms with Gasteiger partial charge < -0.3 is 10.1 Å². The summed E-state index contributed by atoms with van der Waals surface area (Å²) < 4.78 is 41.7. The lowest BCUT2D eigenvalue weighted by Gasteiger charge is -2.10. The fourth-order valence-corrected chi connectivity index (χ4v) is 1.64. The standard InChI is InChI=1S/C12H13F3N4O/c1-19-8-17-11(18-19)7-16-6-9-3-2-4-10(5-9)20-12(13,14)15/h2-5,8,16H,6-7H2,1H3. The molecule has 0 bridgehead atoms. The number of alkyl halides is 3. The lowest BCUT2D eigenvalue weighted by atomic mass is 10.2. The molecule has 0 fully saturated rings. The van der Waals surface area contributed by atoms with Crippen LogP contribution in [0, 0.1) is 0 Å². The van der Waals surface area contributed by atoms with E-state index in [-0.39, 0.29) is 5.75 Å². The van der Waals surface area contributed by atoms with E-state index in [0.717, 1.165) is 0 Å². The highest BCUT2D eigenvalue weighted by Crippen LogP contribution is 2.23. The van der Waals surface area contributed by atoms with E-state index in [1.165, 1.54) is 18.2 Å². The molecule has 0 radical (unpaired) electrons. The summed E-state index contributed by atoms with van der Waals surface area (Å²) >= 11 is 0. The predicted molar refractivity (Wildman–Crippen MR) is 64.7 cm³/mol. The molecule has 2 aromatic rings. The van der Waals surface area contributed by atoms with Gasteiger partial charge in [-0.15, -0.1) is 13.2 Å². The van der Waals surface area contributed by atoms with Gasteiger partial charge in [0.1, 0.15) is 12.1 Å². The topological polar surface area (TPSA) is 52.0 Å². The Kier molecular flexibility index (Phi) is 4.23. The fraction of sp³-hybridized carbons (Fsp3) is 0.333. The predicted octanol–water partition coefficient (Wildman–Crippen LogP) is 2.00. The first kappa shape index (κ1) is 14.3. The highest BCUT2D eigenvalue weighted by atomic mass is 19.4. The molecule has 0 amide bonds. The fourth-order valence-electron chi connectivity index (χ4n) is 1.64. The van der Waals surface area contributed by atoms with Crippen molar-refractivity contribution in [3.05, 3.63) is 42.0 Å². The number of hydrogen-bond donors (Lipinski definition) is 1. The van der Waals surface area contributed by atoms with Crippen molar-refractivity contribution in [1.82, 2.24) is 20.1 Å². The summed E-state index contributed by atoms with van der Waals surface area (Å²) in [4.78, 5) is 4.03. The second-order valence-corrected chi connectivity index (χ2v) is 4.13. The Labute approximate surface area is 113 Å². The van der Waals surface area contributed by atoms with Gasteiger partial charge in [-0.25, -0.2) is 4.98 Å². The van der Waals surface area contributed by atoms with Gasteiger partial charge in [0.25, 0.3) is 0 Å². The molecule has 1 aromatic heterocycles. The second kappa shape index (κ2) is 5.91. The number of nitrogens with one attached hydrogen (secondary N) is 1. The van der Waals surface area contributed by atoms with E-state index in [9.17, 15) is 13.2 Å². The zero-order valence-corrected chi connectivity index (χ0v) is 10.7. The summed E-state index contributed by atoms with van der Waals surface area (Å²) in [5.41, 5.74) is 0.683. The second-order valence-electron chi connectivity index (χ2n) is 4.13. The third-order valence-electron chi connectivity index (χ3n) is 2.39. The molecule has 0 saturated heterocycles. The van der Waals surface area contributed by atoms with Gasteiger partial charge in [0.15, 0.2) is 5.82 Å². The summed E-state index contributed by atoms with van der Waals surface area (Å²) in [5.74, 6) is 0.392. The summed E-state index contributed by atoms with van der Waals surface area (Å²) in [6.07, 6.45) is -3.10. The molecular weight excluding hydrogens is 273 g/mol. The smallest absolute Gasteiger partial charge is 0.406 e. The Morgan fingerprint density at radius 1 is 1.30 bits per heavy atom. The number of benzene rings is 1. The van der Waals surface area contributed by atoms with Crippen LogP contribution in [0.2, 0.25) is 0 Å². The maximum absolute atomic E-state index is 12.1. The number of rotatable bonds is 5. The molecule has 0 spiro atoms. The first-order valence-corrected chi connectivity index (χ1v) is 5.82. The summed E-state index contributed by atoms with van der Waals surface area (Å²) in [6.45, 7) is 0.832. The van der Waals surface area contributed by atoms with Crippen molar-refractivity contribution in [3.63, 3.8) is 0 Å². The van der Waals surface area contributed by atoms with Crippen LogP contribution < -0.4 is 10.1 Å². The zero-order chi connectivity index (χ0) is 14.6. The molecule has 0 aliphatic carbocycles. The van der Waals surface area contributed by atoms with Gasteiger partial charge in [0.05, 0.1) is 6.54 Å². The van der Waals surface area contributed by atoms with Crippen LogP contribution in [0.3, 0.4) is 0 Å². The van der Waals surface area contributed by atoms with Gasteiger partial charge in [0, 0.05) is 13.6 Å². The van der Waals surface area contributed by atoms with Crippen LogP contribution in [-0.4, -0.2) is 21.1 Å². The molecule has 2 rings (SSSR count). The molecule has 5 nitrogen and oxygen atoms in total. The quantitative estimate of drug-likeness (QED) is 0.913. The summed E-state index contributed by atoms with van der Waals surface area (Å²) in [5, 5.41) is 7.12. The van der Waals surface area contributed by atoms with Gasteiger partial charge in [-0.3, -0.25) is 4.68 Å². The minimum atomic E-state index is -4.68. The Hall–Kier alpha value is -2.09. The third kappa shape index (κ3) is 4.54. The molecule has 0 aliphatic rings. The van der Waals surface area contributed by atoms with Crippen molar-refractivity contribution in [3.8, 4) is 5.75 Å². The maximum Gasteiger partial charge on any atom is 0.573 e. The Morgan fingerprint density at radius 2 is 2.10 bits per heavy atom. The first-order valence-electron chi connectivity index (χ1n) is 5.82. The van der Waals surface area contributed by atoms with Crippen molar-refractivity contribution < 1.29 is 17.9 Å². The van der Waals surface area contributed by atoms with Gasteiger partial charge in [0.2, 0.25) is 0 Å². The molecule has 8 heteroatoms. The number of halogens is 3. The van der Waals surface area contributed by atoms with Crippen LogP contribution in [0.15, 0.2) is 30.6 Å². The van der Waals surface area contributed by atoms with Crippen LogP contribution in [0.1, 0.15) is 11.4 Å². The molecular formula is C12H13F3N4O. The first-order chi connectivity index (χ1) is 9.42. The molecule has 0 unspecified atom stereocenters. The van der Waals surface area contributed by atoms with Crippen LogP contribution in [0.25, 0.3) is 0 Å². The number of aromatic nitrogens is 3. The van der Waals surface area contributed by atoms with Crippen molar-refractivity contribution in [1.29, 1.82) is 0 Å². The molecule has 1 aromatic carbocycles. The Bertz CT molecular complexity index is 568. The van der Waals surface area contributed by atoms with Gasteiger partial charge in [-0.05, 0) is 17.7 Å². The lowest BCUT2D eigenvalue weighted by Crippen LogP contribution is -2.18.